The maximum Gasteiger partial charge on any atom is 0.129 e. The van der Waals surface area contributed by atoms with Crippen molar-refractivity contribution in [2.75, 3.05) is 14.1 Å². The van der Waals surface area contributed by atoms with Gasteiger partial charge in [0.15, 0.2) is 0 Å². The lowest BCUT2D eigenvalue weighted by Gasteiger charge is -2.49. The molecule has 2 N–H and O–H groups in total. The van der Waals surface area contributed by atoms with Gasteiger partial charge in [0.1, 0.15) is 11.6 Å². The van der Waals surface area contributed by atoms with Crippen LogP contribution < -0.4 is 5.73 Å². The van der Waals surface area contributed by atoms with Crippen LogP contribution in [0, 0.1) is 17.6 Å². The maximum absolute atomic E-state index is 13.9. The van der Waals surface area contributed by atoms with Crippen LogP contribution in [0.25, 0.3) is 0 Å². The highest BCUT2D eigenvalue weighted by Crippen LogP contribution is 2.38. The van der Waals surface area contributed by atoms with Gasteiger partial charge in [-0.1, -0.05) is 25.8 Å². The quantitative estimate of drug-likeness (QED) is 0.923. The van der Waals surface area contributed by atoms with Gasteiger partial charge in [0.2, 0.25) is 0 Å². The van der Waals surface area contributed by atoms with Crippen molar-refractivity contribution in [1.82, 2.24) is 4.90 Å². The molecule has 118 valence electrons. The molecule has 0 aliphatic heterocycles. The molecule has 0 radical (unpaired) electrons. The molecule has 0 saturated heterocycles. The van der Waals surface area contributed by atoms with Crippen LogP contribution in [0.5, 0.6) is 0 Å². The van der Waals surface area contributed by atoms with Crippen LogP contribution in [0.2, 0.25) is 0 Å². The molecular formula is C17H26F2N2. The van der Waals surface area contributed by atoms with Crippen LogP contribution in [0.4, 0.5) is 8.78 Å². The molecule has 1 fully saturated rings. The second-order valence-corrected chi connectivity index (χ2v) is 6.71. The summed E-state index contributed by atoms with van der Waals surface area (Å²) >= 11 is 0. The molecule has 1 aromatic rings. The Kier molecular flexibility index (Phi) is 4.99. The van der Waals surface area contributed by atoms with Gasteiger partial charge in [0.25, 0.3) is 0 Å². The van der Waals surface area contributed by atoms with E-state index in [1.807, 2.05) is 14.1 Å². The first-order valence-electron chi connectivity index (χ1n) is 7.72. The lowest BCUT2D eigenvalue weighted by molar-refractivity contribution is 0.0499. The van der Waals surface area contributed by atoms with E-state index in [-0.39, 0.29) is 23.6 Å². The first kappa shape index (κ1) is 16.4. The number of likely N-dealkylation sites (N-methyl/N-ethyl adjacent to an activating group) is 1. The number of hydrogen-bond acceptors (Lipinski definition) is 2. The van der Waals surface area contributed by atoms with Crippen LogP contribution >= 0.6 is 0 Å². The molecule has 1 aliphatic rings. The summed E-state index contributed by atoms with van der Waals surface area (Å²) in [5.41, 5.74) is 6.38. The van der Waals surface area contributed by atoms with Gasteiger partial charge in [0.05, 0.1) is 0 Å². The normalized spacial score (nSPS) is 27.9. The molecular weight excluding hydrogens is 270 g/mol. The van der Waals surface area contributed by atoms with E-state index in [1.165, 1.54) is 24.6 Å². The molecule has 0 amide bonds. The van der Waals surface area contributed by atoms with Crippen molar-refractivity contribution in [3.63, 3.8) is 0 Å². The van der Waals surface area contributed by atoms with Crippen molar-refractivity contribution in [2.24, 2.45) is 11.7 Å². The van der Waals surface area contributed by atoms with E-state index < -0.39 is 11.6 Å². The first-order valence-corrected chi connectivity index (χ1v) is 7.72. The largest absolute Gasteiger partial charge is 0.326 e. The molecule has 0 spiro atoms. The Bertz CT molecular complexity index is 469. The van der Waals surface area contributed by atoms with E-state index in [2.05, 4.69) is 11.8 Å². The van der Waals surface area contributed by atoms with Crippen molar-refractivity contribution < 1.29 is 8.78 Å². The smallest absolute Gasteiger partial charge is 0.129 e. The summed E-state index contributed by atoms with van der Waals surface area (Å²) in [6.07, 6.45) is 4.53. The van der Waals surface area contributed by atoms with Gasteiger partial charge < -0.3 is 10.6 Å². The molecule has 3 unspecified atom stereocenters. The maximum atomic E-state index is 13.9. The predicted octanol–water partition coefficient (Wildman–Crippen LogP) is 3.35. The summed E-state index contributed by atoms with van der Waals surface area (Å²) < 4.78 is 27.7. The van der Waals surface area contributed by atoms with Gasteiger partial charge in [-0.3, -0.25) is 0 Å². The van der Waals surface area contributed by atoms with Crippen LogP contribution in [-0.2, 0) is 6.42 Å². The van der Waals surface area contributed by atoms with E-state index in [0.29, 0.717) is 5.92 Å². The average Bonchev–Trinajstić information content (AvgIpc) is 2.42. The lowest BCUT2D eigenvalue weighted by Crippen LogP contribution is -2.60. The fourth-order valence-electron chi connectivity index (χ4n) is 3.78. The zero-order valence-electron chi connectivity index (χ0n) is 13.2. The Morgan fingerprint density at radius 3 is 2.48 bits per heavy atom. The van der Waals surface area contributed by atoms with Gasteiger partial charge in [-0.15, -0.1) is 0 Å². The second-order valence-electron chi connectivity index (χ2n) is 6.71. The monoisotopic (exact) mass is 296 g/mol. The highest BCUT2D eigenvalue weighted by Gasteiger charge is 2.42. The zero-order valence-corrected chi connectivity index (χ0v) is 13.2. The number of benzene rings is 1. The Hall–Kier alpha value is -1.00. The van der Waals surface area contributed by atoms with E-state index in [1.54, 1.807) is 0 Å². The number of nitrogens with zero attached hydrogens (tertiary/aromatic N) is 1. The summed E-state index contributed by atoms with van der Waals surface area (Å²) in [6.45, 7) is 2.23. The minimum absolute atomic E-state index is 0.115. The van der Waals surface area contributed by atoms with Crippen LogP contribution in [0.15, 0.2) is 18.2 Å². The van der Waals surface area contributed by atoms with Crippen molar-refractivity contribution in [1.29, 1.82) is 0 Å². The fraction of sp³-hybridized carbons (Fsp3) is 0.647. The van der Waals surface area contributed by atoms with Crippen molar-refractivity contribution in [2.45, 2.75) is 50.6 Å². The van der Waals surface area contributed by atoms with Crippen molar-refractivity contribution in [3.8, 4) is 0 Å². The van der Waals surface area contributed by atoms with Gasteiger partial charge in [0, 0.05) is 17.1 Å². The lowest BCUT2D eigenvalue weighted by atomic mass is 9.70. The van der Waals surface area contributed by atoms with Crippen LogP contribution in [-0.4, -0.2) is 30.6 Å². The second kappa shape index (κ2) is 6.41. The summed E-state index contributed by atoms with van der Waals surface area (Å²) in [4.78, 5) is 2.16. The highest BCUT2D eigenvalue weighted by molar-refractivity contribution is 5.22. The number of hydrogen-bond donors (Lipinski definition) is 1. The fourth-order valence-corrected chi connectivity index (χ4v) is 3.78. The summed E-state index contributed by atoms with van der Waals surface area (Å²) in [5.74, 6) is -0.399. The Balaban J connectivity index is 2.25. The predicted molar refractivity (Wildman–Crippen MR) is 82.1 cm³/mol. The molecule has 0 bridgehead atoms. The standard InChI is InChI=1S/C17H26F2N2/c1-12-6-5-9-17(11-12,21(2)3)16(20)10-13-14(18)7-4-8-15(13)19/h4,7-8,12,16H,5-6,9-11,20H2,1-3H3. The van der Waals surface area contributed by atoms with Gasteiger partial charge in [-0.2, -0.15) is 0 Å². The van der Waals surface area contributed by atoms with Crippen LogP contribution in [0.3, 0.4) is 0 Å². The van der Waals surface area contributed by atoms with E-state index in [9.17, 15) is 8.78 Å². The SMILES string of the molecule is CC1CCCC(C(N)Cc2c(F)cccc2F)(N(C)C)C1. The first-order chi connectivity index (χ1) is 9.86. The minimum atomic E-state index is -0.497. The molecule has 3 atom stereocenters. The number of nitrogens with two attached hydrogens (primary N) is 1. The number of rotatable bonds is 4. The Morgan fingerprint density at radius 1 is 1.33 bits per heavy atom. The Morgan fingerprint density at radius 2 is 1.95 bits per heavy atom. The van der Waals surface area contributed by atoms with Gasteiger partial charge in [-0.25, -0.2) is 8.78 Å². The topological polar surface area (TPSA) is 29.3 Å². The number of halogens is 2. The molecule has 1 aliphatic carbocycles. The van der Waals surface area contributed by atoms with Crippen molar-refractivity contribution >= 4 is 0 Å². The van der Waals surface area contributed by atoms with Gasteiger partial charge in [-0.05, 0) is 51.4 Å². The third-order valence-corrected chi connectivity index (χ3v) is 5.08. The molecule has 21 heavy (non-hydrogen) atoms. The average molecular weight is 296 g/mol. The third kappa shape index (κ3) is 3.27. The van der Waals surface area contributed by atoms with Gasteiger partial charge >= 0.3 is 0 Å². The zero-order chi connectivity index (χ0) is 15.6. The Labute approximate surface area is 126 Å². The summed E-state index contributed by atoms with van der Waals surface area (Å²) in [7, 11) is 4.05. The van der Waals surface area contributed by atoms with E-state index >= 15 is 0 Å². The molecule has 2 nitrogen and oxygen atoms in total. The molecule has 0 aromatic heterocycles. The molecule has 2 rings (SSSR count). The molecule has 1 saturated carbocycles. The minimum Gasteiger partial charge on any atom is -0.326 e. The van der Waals surface area contributed by atoms with E-state index in [0.717, 1.165) is 19.3 Å². The molecule has 1 aromatic carbocycles. The summed E-state index contributed by atoms with van der Waals surface area (Å²) in [5, 5.41) is 0. The van der Waals surface area contributed by atoms with Crippen molar-refractivity contribution in [3.05, 3.63) is 35.4 Å². The molecule has 0 heterocycles. The molecule has 4 heteroatoms. The highest BCUT2D eigenvalue weighted by atomic mass is 19.1. The van der Waals surface area contributed by atoms with Crippen LogP contribution in [0.1, 0.15) is 38.2 Å². The summed E-state index contributed by atoms with van der Waals surface area (Å²) in [6, 6.07) is 3.72. The third-order valence-electron chi connectivity index (χ3n) is 5.08. The van der Waals surface area contributed by atoms with E-state index in [4.69, 9.17) is 5.73 Å².